The van der Waals surface area contributed by atoms with Gasteiger partial charge in [-0.15, -0.1) is 22.7 Å². The number of thiophene rings is 2. The van der Waals surface area contributed by atoms with E-state index in [1.807, 2.05) is 43.0 Å². The molecule has 0 bridgehead atoms. The van der Waals surface area contributed by atoms with Crippen LogP contribution in [0.15, 0.2) is 203 Å². The molecule has 0 N–H and O–H groups in total. The van der Waals surface area contributed by atoms with Crippen LogP contribution in [0.25, 0.3) is 107 Å². The van der Waals surface area contributed by atoms with E-state index in [0.29, 0.717) is 0 Å². The van der Waals surface area contributed by atoms with Gasteiger partial charge in [0.1, 0.15) is 11.2 Å². The zero-order valence-electron chi connectivity index (χ0n) is 34.4. The third-order valence-electron chi connectivity index (χ3n) is 13.0. The van der Waals surface area contributed by atoms with E-state index in [-0.39, 0.29) is 0 Å². The van der Waals surface area contributed by atoms with Crippen LogP contribution in [-0.4, -0.2) is 28.0 Å². The van der Waals surface area contributed by atoms with Crippen molar-refractivity contribution in [1.29, 1.82) is 0 Å². The molecule has 0 atom stereocenters. The smallest absolute Gasteiger partial charge is 0.230 e. The molecule has 6 nitrogen and oxygen atoms in total. The van der Waals surface area contributed by atoms with Gasteiger partial charge in [0.25, 0.3) is 0 Å². The monoisotopic (exact) mass is 884 g/mol. The Balaban J connectivity index is 0.993. The van der Waals surface area contributed by atoms with Crippen LogP contribution < -0.4 is 21.0 Å². The Morgan fingerprint density at radius 3 is 1.78 bits per heavy atom. The number of fused-ring (bicyclic) bond motifs is 12. The lowest BCUT2D eigenvalue weighted by Crippen LogP contribution is -2.76. The fourth-order valence-corrected chi connectivity index (χ4v) is 17.4. The van der Waals surface area contributed by atoms with E-state index in [0.717, 1.165) is 81.7 Å². The molecule has 8 aromatic heterocycles. The fraction of sp³-hybridized carbons (Fsp3) is 0. The van der Waals surface area contributed by atoms with Gasteiger partial charge in [0.15, 0.2) is 11.2 Å². The second-order valence-electron chi connectivity index (χ2n) is 16.5. The molecule has 9 heteroatoms. The Hall–Kier alpha value is -7.82. The Labute approximate surface area is 379 Å². The van der Waals surface area contributed by atoms with Crippen molar-refractivity contribution in [2.24, 2.45) is 0 Å². The van der Waals surface area contributed by atoms with Crippen molar-refractivity contribution in [2.75, 3.05) is 0 Å². The first-order valence-electron chi connectivity index (χ1n) is 21.5. The van der Waals surface area contributed by atoms with Crippen LogP contribution in [-0.2, 0) is 0 Å². The topological polar surface area (TPSA) is 77.8 Å². The minimum absolute atomic E-state index is 0.771. The first-order chi connectivity index (χ1) is 32.2. The molecule has 0 saturated heterocycles. The number of nitrogens with zero attached hydrogens (tertiary/aromatic N) is 4. The molecular formula is C56H32N4O2S2Si. The van der Waals surface area contributed by atoms with Gasteiger partial charge in [0, 0.05) is 82.2 Å². The molecular weight excluding hydrogens is 853 g/mol. The summed E-state index contributed by atoms with van der Waals surface area (Å²) < 4.78 is 18.0. The second-order valence-corrected chi connectivity index (χ2v) is 22.2. The van der Waals surface area contributed by atoms with Gasteiger partial charge in [0.05, 0.1) is 37.6 Å². The average Bonchev–Trinajstić information content (AvgIpc) is 4.15. The van der Waals surface area contributed by atoms with E-state index in [9.17, 15) is 0 Å². The van der Waals surface area contributed by atoms with Crippen LogP contribution in [0, 0.1) is 0 Å². The van der Waals surface area contributed by atoms with Gasteiger partial charge in [-0.3, -0.25) is 19.9 Å². The molecule has 65 heavy (non-hydrogen) atoms. The number of hydrogen-bond donors (Lipinski definition) is 0. The highest BCUT2D eigenvalue weighted by Gasteiger charge is 2.48. The summed E-state index contributed by atoms with van der Waals surface area (Å²) in [6.07, 6.45) is 7.80. The van der Waals surface area contributed by atoms with E-state index in [1.54, 1.807) is 22.7 Å². The van der Waals surface area contributed by atoms with Crippen molar-refractivity contribution in [1.82, 2.24) is 19.9 Å². The summed E-state index contributed by atoms with van der Waals surface area (Å²) >= 11 is 3.59. The molecule has 0 fully saturated rings. The summed E-state index contributed by atoms with van der Waals surface area (Å²) in [6, 6.07) is 60.2. The zero-order chi connectivity index (χ0) is 42.6. The maximum absolute atomic E-state index is 7.05. The SMILES string of the molecule is c1ccc([Si](c2ccccc2)(c2nccc3c2oc2ccc(-c4cc5c(cn4)oc4ccccc45)cc23)c2nccc3c2sc2ccc(-c4cc5c(cn4)sc4ccccc45)cc23)cc1. The Bertz CT molecular complexity index is 3940. The summed E-state index contributed by atoms with van der Waals surface area (Å²) in [5, 5.41) is 13.3. The summed E-state index contributed by atoms with van der Waals surface area (Å²) in [6.45, 7) is 0. The zero-order valence-corrected chi connectivity index (χ0v) is 37.0. The van der Waals surface area contributed by atoms with Crippen molar-refractivity contribution in [3.8, 4) is 22.5 Å². The predicted octanol–water partition coefficient (Wildman–Crippen LogP) is 12.5. The average molecular weight is 885 g/mol. The predicted molar refractivity (Wildman–Crippen MR) is 272 cm³/mol. The Morgan fingerprint density at radius 2 is 0.969 bits per heavy atom. The van der Waals surface area contributed by atoms with Gasteiger partial charge in [-0.05, 0) is 77.1 Å². The van der Waals surface area contributed by atoms with Gasteiger partial charge in [-0.25, -0.2) is 0 Å². The normalized spacial score (nSPS) is 12.3. The molecule has 0 saturated carbocycles. The standard InChI is InChI=1S/C56H32N4O2S2Si/c1-3-11-35(12-4-1)65(36-13-5-2-6-14-36,55-53-39(23-25-57-55)41-27-33(19-21-48(41)62-53)45-29-42-37-15-7-9-17-47(37)61-49(42)31-59-45)56-54-40(24-26-58-56)43-28-34(20-22-51(43)64-54)46-30-44-38-16-8-10-18-50(38)63-52(44)32-60-46/h1-32H. The molecule has 0 aliphatic heterocycles. The molecule has 14 rings (SSSR count). The number of hydrogen-bond acceptors (Lipinski definition) is 8. The lowest BCUT2D eigenvalue weighted by atomic mass is 10.1. The maximum Gasteiger partial charge on any atom is 0.230 e. The van der Waals surface area contributed by atoms with Gasteiger partial charge in [-0.1, -0.05) is 103 Å². The highest BCUT2D eigenvalue weighted by molar-refractivity contribution is 7.30. The van der Waals surface area contributed by atoms with Crippen molar-refractivity contribution in [2.45, 2.75) is 0 Å². The summed E-state index contributed by atoms with van der Waals surface area (Å²) in [5.41, 5.74) is 7.10. The van der Waals surface area contributed by atoms with Crippen LogP contribution in [0.5, 0.6) is 0 Å². The summed E-state index contributed by atoms with van der Waals surface area (Å²) in [7, 11) is -3.35. The molecule has 0 spiro atoms. The van der Waals surface area contributed by atoms with Crippen molar-refractivity contribution < 1.29 is 8.83 Å². The van der Waals surface area contributed by atoms with E-state index < -0.39 is 8.07 Å². The minimum atomic E-state index is -3.35. The summed E-state index contributed by atoms with van der Waals surface area (Å²) in [5.74, 6) is 0. The van der Waals surface area contributed by atoms with Crippen LogP contribution in [0.2, 0.25) is 0 Å². The maximum atomic E-state index is 7.05. The Morgan fingerprint density at radius 1 is 0.369 bits per heavy atom. The fourth-order valence-electron chi connectivity index (χ4n) is 10.0. The van der Waals surface area contributed by atoms with Gasteiger partial charge in [-0.2, -0.15) is 0 Å². The van der Waals surface area contributed by atoms with E-state index in [1.165, 1.54) is 46.0 Å². The first kappa shape index (κ1) is 36.6. The van der Waals surface area contributed by atoms with E-state index in [2.05, 4.69) is 152 Å². The first-order valence-corrected chi connectivity index (χ1v) is 25.1. The third-order valence-corrected chi connectivity index (χ3v) is 20.1. The van der Waals surface area contributed by atoms with Crippen LogP contribution >= 0.6 is 22.7 Å². The third kappa shape index (κ3) is 5.44. The molecule has 0 radical (unpaired) electrons. The number of furan rings is 2. The molecule has 0 aliphatic carbocycles. The largest absolute Gasteiger partial charge is 0.455 e. The molecule has 0 aliphatic rings. The molecule has 6 aromatic carbocycles. The summed E-state index contributed by atoms with van der Waals surface area (Å²) in [4.78, 5) is 20.7. The van der Waals surface area contributed by atoms with Crippen LogP contribution in [0.1, 0.15) is 0 Å². The van der Waals surface area contributed by atoms with Crippen LogP contribution in [0.4, 0.5) is 0 Å². The van der Waals surface area contributed by atoms with Gasteiger partial charge >= 0.3 is 0 Å². The Kier molecular flexibility index (Phi) is 7.94. The highest BCUT2D eigenvalue weighted by atomic mass is 32.1. The van der Waals surface area contributed by atoms with E-state index >= 15 is 0 Å². The van der Waals surface area contributed by atoms with Crippen molar-refractivity contribution in [3.05, 3.63) is 195 Å². The van der Waals surface area contributed by atoms with Crippen LogP contribution in [0.3, 0.4) is 0 Å². The van der Waals surface area contributed by atoms with Crippen molar-refractivity contribution >= 4 is 136 Å². The molecule has 304 valence electrons. The molecule has 8 heterocycles. The lowest BCUT2D eigenvalue weighted by molar-refractivity contribution is 0.667. The van der Waals surface area contributed by atoms with E-state index in [4.69, 9.17) is 28.8 Å². The lowest BCUT2D eigenvalue weighted by Gasteiger charge is -2.32. The molecule has 0 unspecified atom stereocenters. The number of pyridine rings is 4. The number of para-hydroxylation sites is 1. The number of aromatic nitrogens is 4. The second kappa shape index (κ2) is 14.1. The number of rotatable bonds is 6. The highest BCUT2D eigenvalue weighted by Crippen LogP contribution is 2.40. The number of benzene rings is 6. The molecule has 14 aromatic rings. The van der Waals surface area contributed by atoms with Gasteiger partial charge < -0.3 is 8.83 Å². The van der Waals surface area contributed by atoms with Gasteiger partial charge in [0.2, 0.25) is 8.07 Å². The minimum Gasteiger partial charge on any atom is -0.455 e. The quantitative estimate of drug-likeness (QED) is 0.155. The molecule has 0 amide bonds. The van der Waals surface area contributed by atoms with Crippen molar-refractivity contribution in [3.63, 3.8) is 0 Å².